The lowest BCUT2D eigenvalue weighted by Crippen LogP contribution is -2.31. The fourth-order valence-electron chi connectivity index (χ4n) is 1.96. The predicted molar refractivity (Wildman–Crippen MR) is 72.3 cm³/mol. The summed E-state index contributed by atoms with van der Waals surface area (Å²) < 4.78 is 4.46. The maximum absolute atomic E-state index is 11.8. The first-order chi connectivity index (χ1) is 9.02. The Morgan fingerprint density at radius 1 is 1.37 bits per heavy atom. The van der Waals surface area contributed by atoms with Gasteiger partial charge in [0.2, 0.25) is 5.91 Å². The van der Waals surface area contributed by atoms with Gasteiger partial charge in [-0.15, -0.1) is 0 Å². The molecular formula is C13H13Cl2NO3. The van der Waals surface area contributed by atoms with Crippen molar-refractivity contribution < 1.29 is 14.3 Å². The van der Waals surface area contributed by atoms with Crippen LogP contribution in [0, 0.1) is 5.92 Å². The molecule has 0 heterocycles. The lowest BCUT2D eigenvalue weighted by Gasteiger charge is -2.04. The van der Waals surface area contributed by atoms with Crippen molar-refractivity contribution in [3.8, 4) is 0 Å². The number of nitrogens with one attached hydrogen (secondary N) is 1. The SMILES string of the molecule is COC(=O)CNC(=O)[C@H]1C[C@H]1c1ccc(Cl)c(Cl)c1. The van der Waals surface area contributed by atoms with E-state index in [0.717, 1.165) is 12.0 Å². The van der Waals surface area contributed by atoms with Crippen molar-refractivity contribution >= 4 is 35.1 Å². The van der Waals surface area contributed by atoms with Crippen LogP contribution in [0.4, 0.5) is 0 Å². The first-order valence-electron chi connectivity index (χ1n) is 5.82. The molecule has 1 amide bonds. The van der Waals surface area contributed by atoms with Gasteiger partial charge in [0, 0.05) is 5.92 Å². The first-order valence-corrected chi connectivity index (χ1v) is 6.58. The third kappa shape index (κ3) is 3.39. The molecule has 0 unspecified atom stereocenters. The number of hydrogen-bond acceptors (Lipinski definition) is 3. The Morgan fingerprint density at radius 2 is 2.11 bits per heavy atom. The van der Waals surface area contributed by atoms with E-state index < -0.39 is 5.97 Å². The standard InChI is InChI=1S/C13H13Cl2NO3/c1-19-12(17)6-16-13(18)9-5-8(9)7-2-3-10(14)11(15)4-7/h2-4,8-9H,5-6H2,1H3,(H,16,18)/t8-,9-/m0/s1. The zero-order valence-electron chi connectivity index (χ0n) is 10.3. The Balaban J connectivity index is 1.91. The Bertz CT molecular complexity index is 519. The Hall–Kier alpha value is -1.26. The number of hydrogen-bond donors (Lipinski definition) is 1. The summed E-state index contributed by atoms with van der Waals surface area (Å²) in [6.07, 6.45) is 0.755. The minimum atomic E-state index is -0.458. The van der Waals surface area contributed by atoms with Gasteiger partial charge >= 0.3 is 5.97 Å². The minimum Gasteiger partial charge on any atom is -0.468 e. The van der Waals surface area contributed by atoms with E-state index in [1.807, 2.05) is 6.07 Å². The zero-order valence-corrected chi connectivity index (χ0v) is 11.8. The number of methoxy groups -OCH3 is 1. The molecule has 4 nitrogen and oxygen atoms in total. The molecule has 1 aliphatic rings. The van der Waals surface area contributed by atoms with Crippen LogP contribution in [-0.2, 0) is 14.3 Å². The van der Waals surface area contributed by atoms with E-state index in [0.29, 0.717) is 10.0 Å². The molecular weight excluding hydrogens is 289 g/mol. The largest absolute Gasteiger partial charge is 0.468 e. The van der Waals surface area contributed by atoms with E-state index in [4.69, 9.17) is 23.2 Å². The third-order valence-electron chi connectivity index (χ3n) is 3.13. The number of esters is 1. The molecule has 0 aliphatic heterocycles. The summed E-state index contributed by atoms with van der Waals surface area (Å²) in [5.41, 5.74) is 0.993. The quantitative estimate of drug-likeness (QED) is 0.869. The lowest BCUT2D eigenvalue weighted by atomic mass is 10.1. The average molecular weight is 302 g/mol. The van der Waals surface area contributed by atoms with Gasteiger partial charge in [0.05, 0.1) is 17.2 Å². The fraction of sp³-hybridized carbons (Fsp3) is 0.385. The summed E-state index contributed by atoms with van der Waals surface area (Å²) in [6, 6.07) is 5.37. The summed E-state index contributed by atoms with van der Waals surface area (Å²) in [6.45, 7) is -0.0973. The maximum atomic E-state index is 11.8. The van der Waals surface area contributed by atoms with E-state index in [1.54, 1.807) is 12.1 Å². The van der Waals surface area contributed by atoms with Crippen LogP contribution < -0.4 is 5.32 Å². The molecule has 6 heteroatoms. The fourth-order valence-corrected chi connectivity index (χ4v) is 2.27. The van der Waals surface area contributed by atoms with Crippen LogP contribution >= 0.6 is 23.2 Å². The summed E-state index contributed by atoms with van der Waals surface area (Å²) in [5.74, 6) is -0.559. The Morgan fingerprint density at radius 3 is 2.74 bits per heavy atom. The van der Waals surface area contributed by atoms with Gasteiger partial charge in [-0.25, -0.2) is 0 Å². The smallest absolute Gasteiger partial charge is 0.325 e. The van der Waals surface area contributed by atoms with Gasteiger partial charge in [0.1, 0.15) is 6.54 Å². The third-order valence-corrected chi connectivity index (χ3v) is 3.87. The second kappa shape index (κ2) is 5.80. The highest BCUT2D eigenvalue weighted by Crippen LogP contribution is 2.48. The molecule has 1 aliphatic carbocycles. The average Bonchev–Trinajstić information content (AvgIpc) is 3.19. The molecule has 19 heavy (non-hydrogen) atoms. The normalized spacial score (nSPS) is 20.8. The van der Waals surface area contributed by atoms with Crippen LogP contribution in [-0.4, -0.2) is 25.5 Å². The maximum Gasteiger partial charge on any atom is 0.325 e. The summed E-state index contributed by atoms with van der Waals surface area (Å²) in [7, 11) is 1.28. The first kappa shape index (κ1) is 14.2. The highest BCUT2D eigenvalue weighted by molar-refractivity contribution is 6.42. The molecule has 1 saturated carbocycles. The molecule has 1 aromatic rings. The molecule has 2 atom stereocenters. The molecule has 0 aromatic heterocycles. The van der Waals surface area contributed by atoms with E-state index in [1.165, 1.54) is 7.11 Å². The predicted octanol–water partition coefficient (Wildman–Crippen LogP) is 2.39. The topological polar surface area (TPSA) is 55.4 Å². The van der Waals surface area contributed by atoms with Gasteiger partial charge in [-0.2, -0.15) is 0 Å². The van der Waals surface area contributed by atoms with Crippen molar-refractivity contribution in [3.05, 3.63) is 33.8 Å². The van der Waals surface area contributed by atoms with Crippen molar-refractivity contribution in [2.24, 2.45) is 5.92 Å². The van der Waals surface area contributed by atoms with Crippen LogP contribution in [0.25, 0.3) is 0 Å². The van der Waals surface area contributed by atoms with E-state index in [9.17, 15) is 9.59 Å². The summed E-state index contributed by atoms with van der Waals surface area (Å²) in [4.78, 5) is 22.7. The van der Waals surface area contributed by atoms with Crippen molar-refractivity contribution in [1.82, 2.24) is 5.32 Å². The number of rotatable bonds is 4. The minimum absolute atomic E-state index is 0.0973. The zero-order chi connectivity index (χ0) is 14.0. The monoisotopic (exact) mass is 301 g/mol. The highest BCUT2D eigenvalue weighted by Gasteiger charge is 2.44. The molecule has 2 rings (SSSR count). The van der Waals surface area contributed by atoms with Crippen molar-refractivity contribution in [2.75, 3.05) is 13.7 Å². The number of carbonyl (C=O) groups excluding carboxylic acids is 2. The molecule has 0 spiro atoms. The lowest BCUT2D eigenvalue weighted by molar-refractivity contribution is -0.141. The molecule has 0 radical (unpaired) electrons. The number of amides is 1. The molecule has 1 N–H and O–H groups in total. The van der Waals surface area contributed by atoms with Crippen molar-refractivity contribution in [2.45, 2.75) is 12.3 Å². The van der Waals surface area contributed by atoms with Crippen LogP contribution in [0.3, 0.4) is 0 Å². The molecule has 102 valence electrons. The Kier molecular flexibility index (Phi) is 4.32. The van der Waals surface area contributed by atoms with Crippen LogP contribution in [0.5, 0.6) is 0 Å². The van der Waals surface area contributed by atoms with Gasteiger partial charge in [0.25, 0.3) is 0 Å². The van der Waals surface area contributed by atoms with Crippen molar-refractivity contribution in [1.29, 1.82) is 0 Å². The molecule has 1 aromatic carbocycles. The van der Waals surface area contributed by atoms with Gasteiger partial charge in [-0.05, 0) is 30.0 Å². The van der Waals surface area contributed by atoms with E-state index in [-0.39, 0.29) is 24.3 Å². The van der Waals surface area contributed by atoms with E-state index >= 15 is 0 Å². The van der Waals surface area contributed by atoms with E-state index in [2.05, 4.69) is 10.1 Å². The van der Waals surface area contributed by atoms with Crippen LogP contribution in [0.15, 0.2) is 18.2 Å². The second-order valence-corrected chi connectivity index (χ2v) is 5.23. The Labute approximate surface area is 121 Å². The molecule has 1 fully saturated rings. The number of carbonyl (C=O) groups is 2. The second-order valence-electron chi connectivity index (χ2n) is 4.42. The number of halogens is 2. The van der Waals surface area contributed by atoms with Crippen LogP contribution in [0.1, 0.15) is 17.9 Å². The molecule has 0 saturated heterocycles. The van der Waals surface area contributed by atoms with Crippen LogP contribution in [0.2, 0.25) is 10.0 Å². The van der Waals surface area contributed by atoms with Gasteiger partial charge < -0.3 is 10.1 Å². The van der Waals surface area contributed by atoms with Gasteiger partial charge in [-0.1, -0.05) is 29.3 Å². The van der Waals surface area contributed by atoms with Gasteiger partial charge in [0.15, 0.2) is 0 Å². The summed E-state index contributed by atoms with van der Waals surface area (Å²) >= 11 is 11.8. The van der Waals surface area contributed by atoms with Gasteiger partial charge in [-0.3, -0.25) is 9.59 Å². The number of benzene rings is 1. The van der Waals surface area contributed by atoms with Crippen molar-refractivity contribution in [3.63, 3.8) is 0 Å². The molecule has 0 bridgehead atoms. The number of ether oxygens (including phenoxy) is 1. The summed E-state index contributed by atoms with van der Waals surface area (Å²) in [5, 5.41) is 3.53. The highest BCUT2D eigenvalue weighted by atomic mass is 35.5.